The molecule has 5 heteroatoms. The summed E-state index contributed by atoms with van der Waals surface area (Å²) >= 11 is 0. The summed E-state index contributed by atoms with van der Waals surface area (Å²) < 4.78 is 4.72. The Morgan fingerprint density at radius 3 is 2.47 bits per heavy atom. The average Bonchev–Trinajstić information content (AvgIpc) is 2.31. The first-order valence-electron chi connectivity index (χ1n) is 6.04. The number of hydrogen-bond donors (Lipinski definition) is 1. The van der Waals surface area contributed by atoms with Gasteiger partial charge in [0.1, 0.15) is 6.04 Å². The molecule has 0 aliphatic carbocycles. The van der Waals surface area contributed by atoms with Crippen molar-refractivity contribution in [2.24, 2.45) is 0 Å². The predicted octanol–water partition coefficient (Wildman–Crippen LogP) is 0.786. The summed E-state index contributed by atoms with van der Waals surface area (Å²) in [6, 6.07) is -0.296. The van der Waals surface area contributed by atoms with Crippen molar-refractivity contribution in [2.75, 3.05) is 27.7 Å². The van der Waals surface area contributed by atoms with E-state index >= 15 is 0 Å². The van der Waals surface area contributed by atoms with Crippen LogP contribution in [0.4, 0.5) is 0 Å². The summed E-state index contributed by atoms with van der Waals surface area (Å²) in [5.41, 5.74) is 0. The lowest BCUT2D eigenvalue weighted by Gasteiger charge is -2.16. The monoisotopic (exact) mass is 244 g/mol. The largest absolute Gasteiger partial charge is 0.468 e. The Hall–Kier alpha value is -1.10. The van der Waals surface area contributed by atoms with Gasteiger partial charge in [-0.15, -0.1) is 0 Å². The van der Waals surface area contributed by atoms with Gasteiger partial charge in [0.25, 0.3) is 0 Å². The summed E-state index contributed by atoms with van der Waals surface area (Å²) in [5.74, 6) is -0.202. The second kappa shape index (κ2) is 8.98. The van der Waals surface area contributed by atoms with Crippen LogP contribution in [-0.4, -0.2) is 50.6 Å². The molecule has 0 spiro atoms. The van der Waals surface area contributed by atoms with Gasteiger partial charge in [-0.1, -0.05) is 19.8 Å². The normalized spacial score (nSPS) is 12.0. The van der Waals surface area contributed by atoms with E-state index in [0.717, 1.165) is 19.3 Å². The molecule has 17 heavy (non-hydrogen) atoms. The zero-order valence-electron chi connectivity index (χ0n) is 11.3. The van der Waals surface area contributed by atoms with E-state index in [-0.39, 0.29) is 17.9 Å². The van der Waals surface area contributed by atoms with Gasteiger partial charge < -0.3 is 15.0 Å². The standard InChI is InChI=1S/C12H24N2O3/c1-5-6-7-10(12(16)17-4)13-9-8-11(15)14(2)3/h10,13H,5-9H2,1-4H3. The zero-order chi connectivity index (χ0) is 13.3. The molecule has 0 bridgehead atoms. The Morgan fingerprint density at radius 2 is 2.00 bits per heavy atom. The lowest BCUT2D eigenvalue weighted by Crippen LogP contribution is -2.39. The van der Waals surface area contributed by atoms with Gasteiger partial charge in [0.15, 0.2) is 0 Å². The molecule has 100 valence electrons. The van der Waals surface area contributed by atoms with E-state index in [4.69, 9.17) is 4.74 Å². The van der Waals surface area contributed by atoms with Crippen LogP contribution in [0.15, 0.2) is 0 Å². The Labute approximate surface area is 103 Å². The second-order valence-corrected chi connectivity index (χ2v) is 4.21. The molecule has 1 N–H and O–H groups in total. The van der Waals surface area contributed by atoms with Crippen LogP contribution in [0.25, 0.3) is 0 Å². The number of methoxy groups -OCH3 is 1. The molecule has 0 aromatic heterocycles. The number of amides is 1. The first kappa shape index (κ1) is 15.9. The Kier molecular flexibility index (Phi) is 8.40. The highest BCUT2D eigenvalue weighted by atomic mass is 16.5. The molecule has 0 aliphatic rings. The van der Waals surface area contributed by atoms with Crippen molar-refractivity contribution in [1.29, 1.82) is 0 Å². The number of nitrogens with zero attached hydrogens (tertiary/aromatic N) is 1. The fourth-order valence-corrected chi connectivity index (χ4v) is 1.43. The summed E-state index contributed by atoms with van der Waals surface area (Å²) in [6.07, 6.45) is 3.14. The first-order chi connectivity index (χ1) is 8.02. The lowest BCUT2D eigenvalue weighted by atomic mass is 10.1. The van der Waals surface area contributed by atoms with Gasteiger partial charge in [-0.2, -0.15) is 0 Å². The fraction of sp³-hybridized carbons (Fsp3) is 0.833. The van der Waals surface area contributed by atoms with Crippen molar-refractivity contribution in [1.82, 2.24) is 10.2 Å². The Morgan fingerprint density at radius 1 is 1.35 bits per heavy atom. The molecule has 0 fully saturated rings. The number of ether oxygens (including phenoxy) is 1. The molecular formula is C12H24N2O3. The van der Waals surface area contributed by atoms with E-state index in [9.17, 15) is 9.59 Å². The van der Waals surface area contributed by atoms with Crippen molar-refractivity contribution in [3.05, 3.63) is 0 Å². The predicted molar refractivity (Wildman–Crippen MR) is 66.6 cm³/mol. The number of carbonyl (C=O) groups is 2. The van der Waals surface area contributed by atoms with Crippen LogP contribution in [-0.2, 0) is 14.3 Å². The molecule has 1 unspecified atom stereocenters. The minimum absolute atomic E-state index is 0.0524. The average molecular weight is 244 g/mol. The fourth-order valence-electron chi connectivity index (χ4n) is 1.43. The van der Waals surface area contributed by atoms with Crippen molar-refractivity contribution in [3.8, 4) is 0 Å². The molecule has 0 aliphatic heterocycles. The molecule has 0 saturated heterocycles. The van der Waals surface area contributed by atoms with Gasteiger partial charge >= 0.3 is 5.97 Å². The van der Waals surface area contributed by atoms with E-state index in [2.05, 4.69) is 12.2 Å². The van der Waals surface area contributed by atoms with Crippen LogP contribution in [0.2, 0.25) is 0 Å². The van der Waals surface area contributed by atoms with Crippen LogP contribution in [0.1, 0.15) is 32.6 Å². The van der Waals surface area contributed by atoms with Crippen LogP contribution >= 0.6 is 0 Å². The van der Waals surface area contributed by atoms with Gasteiger partial charge in [-0.05, 0) is 6.42 Å². The highest BCUT2D eigenvalue weighted by molar-refractivity contribution is 5.77. The van der Waals surface area contributed by atoms with Crippen LogP contribution in [0.5, 0.6) is 0 Å². The van der Waals surface area contributed by atoms with E-state index < -0.39 is 0 Å². The topological polar surface area (TPSA) is 58.6 Å². The SMILES string of the molecule is CCCCC(NCCC(=O)N(C)C)C(=O)OC. The molecule has 1 atom stereocenters. The van der Waals surface area contributed by atoms with Crippen LogP contribution in [0.3, 0.4) is 0 Å². The smallest absolute Gasteiger partial charge is 0.322 e. The number of esters is 1. The number of rotatable bonds is 8. The number of carbonyl (C=O) groups excluding carboxylic acids is 2. The van der Waals surface area contributed by atoms with E-state index in [1.54, 1.807) is 19.0 Å². The van der Waals surface area contributed by atoms with Crippen molar-refractivity contribution in [3.63, 3.8) is 0 Å². The third-order valence-corrected chi connectivity index (χ3v) is 2.56. The van der Waals surface area contributed by atoms with E-state index in [1.165, 1.54) is 7.11 Å². The molecule has 0 aromatic carbocycles. The van der Waals surface area contributed by atoms with Crippen LogP contribution in [0, 0.1) is 0 Å². The summed E-state index contributed by atoms with van der Waals surface area (Å²) in [5, 5.41) is 3.07. The lowest BCUT2D eigenvalue weighted by molar-refractivity contribution is -0.143. The molecule has 0 radical (unpaired) electrons. The molecule has 0 aromatic rings. The first-order valence-corrected chi connectivity index (χ1v) is 6.04. The minimum Gasteiger partial charge on any atom is -0.468 e. The highest BCUT2D eigenvalue weighted by Crippen LogP contribution is 2.02. The molecule has 0 heterocycles. The van der Waals surface area contributed by atoms with Crippen molar-refractivity contribution in [2.45, 2.75) is 38.6 Å². The van der Waals surface area contributed by atoms with Gasteiger partial charge in [0, 0.05) is 27.1 Å². The quantitative estimate of drug-likeness (QED) is 0.641. The molecule has 5 nitrogen and oxygen atoms in total. The van der Waals surface area contributed by atoms with Crippen molar-refractivity contribution >= 4 is 11.9 Å². The van der Waals surface area contributed by atoms with Gasteiger partial charge in [0.2, 0.25) is 5.91 Å². The second-order valence-electron chi connectivity index (χ2n) is 4.21. The zero-order valence-corrected chi connectivity index (χ0v) is 11.3. The minimum atomic E-state index is -0.296. The molecule has 1 amide bonds. The third kappa shape index (κ3) is 6.94. The van der Waals surface area contributed by atoms with E-state index in [0.29, 0.717) is 13.0 Å². The van der Waals surface area contributed by atoms with Gasteiger partial charge in [-0.25, -0.2) is 0 Å². The number of nitrogens with one attached hydrogen (secondary N) is 1. The Bertz CT molecular complexity index is 242. The third-order valence-electron chi connectivity index (χ3n) is 2.56. The van der Waals surface area contributed by atoms with Crippen LogP contribution < -0.4 is 5.32 Å². The maximum atomic E-state index is 11.4. The summed E-state index contributed by atoms with van der Waals surface area (Å²) in [4.78, 5) is 24.3. The van der Waals surface area contributed by atoms with Gasteiger partial charge in [0.05, 0.1) is 7.11 Å². The highest BCUT2D eigenvalue weighted by Gasteiger charge is 2.17. The molecule has 0 saturated carbocycles. The van der Waals surface area contributed by atoms with E-state index in [1.807, 2.05) is 0 Å². The summed E-state index contributed by atoms with van der Waals surface area (Å²) in [6.45, 7) is 2.57. The Balaban J connectivity index is 3.99. The number of unbranched alkanes of at least 4 members (excludes halogenated alkanes) is 1. The molecule has 0 rings (SSSR count). The van der Waals surface area contributed by atoms with Gasteiger partial charge in [-0.3, -0.25) is 9.59 Å². The maximum absolute atomic E-state index is 11.4. The maximum Gasteiger partial charge on any atom is 0.322 e. The number of hydrogen-bond acceptors (Lipinski definition) is 4. The van der Waals surface area contributed by atoms with Crippen molar-refractivity contribution < 1.29 is 14.3 Å². The summed E-state index contributed by atoms with van der Waals surface area (Å²) in [7, 11) is 4.82. The molecular weight excluding hydrogens is 220 g/mol.